The van der Waals surface area contributed by atoms with Crippen molar-refractivity contribution in [3.63, 3.8) is 0 Å². The Hall–Kier alpha value is -1.65. The lowest BCUT2D eigenvalue weighted by Gasteiger charge is -2.22. The number of nitro benzene ring substituents is 1. The molecule has 110 valence electrons. The summed E-state index contributed by atoms with van der Waals surface area (Å²) in [6.45, 7) is 4.56. The van der Waals surface area contributed by atoms with Gasteiger partial charge in [-0.3, -0.25) is 10.1 Å². The minimum atomic E-state index is -0.783. The second kappa shape index (κ2) is 5.77. The molecule has 1 unspecified atom stereocenters. The van der Waals surface area contributed by atoms with E-state index < -0.39 is 16.4 Å². The maximum Gasteiger partial charge on any atom is 0.304 e. The predicted molar refractivity (Wildman–Crippen MR) is 77.3 cm³/mol. The van der Waals surface area contributed by atoms with Gasteiger partial charge in [0.25, 0.3) is 0 Å². The standard InChI is InChI=1S/C15H21FN2O2/c1-15(2)8-3-4-11(7-9-15)17-12-5-6-14(18(19)20)13(16)10-12/h5-6,10-11,17H,3-4,7-9H2,1-2H3. The lowest BCUT2D eigenvalue weighted by molar-refractivity contribution is -0.387. The normalized spacial score (nSPS) is 22.1. The molecule has 5 heteroatoms. The largest absolute Gasteiger partial charge is 0.382 e. The van der Waals surface area contributed by atoms with Gasteiger partial charge in [-0.1, -0.05) is 20.3 Å². The van der Waals surface area contributed by atoms with Crippen molar-refractivity contribution in [3.05, 3.63) is 34.1 Å². The van der Waals surface area contributed by atoms with Crippen molar-refractivity contribution < 1.29 is 9.31 Å². The van der Waals surface area contributed by atoms with Gasteiger partial charge in [0.05, 0.1) is 4.92 Å². The van der Waals surface area contributed by atoms with Crippen molar-refractivity contribution in [2.45, 2.75) is 52.0 Å². The molecule has 0 saturated heterocycles. The van der Waals surface area contributed by atoms with Gasteiger partial charge in [-0.15, -0.1) is 0 Å². The molecular weight excluding hydrogens is 259 g/mol. The number of hydrogen-bond donors (Lipinski definition) is 1. The Morgan fingerprint density at radius 3 is 2.75 bits per heavy atom. The van der Waals surface area contributed by atoms with Gasteiger partial charge in [0.2, 0.25) is 5.82 Å². The number of halogens is 1. The van der Waals surface area contributed by atoms with Gasteiger partial charge in [0.1, 0.15) is 0 Å². The molecule has 0 aromatic heterocycles. The van der Waals surface area contributed by atoms with Crippen LogP contribution in [0.25, 0.3) is 0 Å². The molecule has 0 aliphatic heterocycles. The highest BCUT2D eigenvalue weighted by atomic mass is 19.1. The lowest BCUT2D eigenvalue weighted by atomic mass is 9.85. The van der Waals surface area contributed by atoms with Crippen LogP contribution in [0.5, 0.6) is 0 Å². The molecule has 4 nitrogen and oxygen atoms in total. The fourth-order valence-electron chi connectivity index (χ4n) is 2.79. The molecular formula is C15H21FN2O2. The fraction of sp³-hybridized carbons (Fsp3) is 0.600. The predicted octanol–water partition coefficient (Wildman–Crippen LogP) is 4.50. The van der Waals surface area contributed by atoms with Crippen molar-refractivity contribution in [1.82, 2.24) is 0 Å². The SMILES string of the molecule is CC1(C)CCCC(Nc2ccc([N+](=O)[O-])c(F)c2)CC1. The maximum atomic E-state index is 13.6. The second-order valence-corrected chi connectivity index (χ2v) is 6.36. The topological polar surface area (TPSA) is 55.2 Å². The number of nitro groups is 1. The Labute approximate surface area is 118 Å². The Balaban J connectivity index is 2.03. The van der Waals surface area contributed by atoms with Crippen LogP contribution in [0.3, 0.4) is 0 Å². The summed E-state index contributed by atoms with van der Waals surface area (Å²) in [6, 6.07) is 4.33. The average Bonchev–Trinajstić information content (AvgIpc) is 2.51. The molecule has 1 N–H and O–H groups in total. The van der Waals surface area contributed by atoms with Crippen molar-refractivity contribution in [2.24, 2.45) is 5.41 Å². The van der Waals surface area contributed by atoms with E-state index in [1.54, 1.807) is 6.07 Å². The van der Waals surface area contributed by atoms with E-state index in [4.69, 9.17) is 0 Å². The van der Waals surface area contributed by atoms with Gasteiger partial charge in [0.15, 0.2) is 0 Å². The molecule has 0 amide bonds. The number of nitrogens with zero attached hydrogens (tertiary/aromatic N) is 1. The van der Waals surface area contributed by atoms with Crippen LogP contribution in [-0.2, 0) is 0 Å². The number of hydrogen-bond acceptors (Lipinski definition) is 3. The van der Waals surface area contributed by atoms with E-state index in [1.165, 1.54) is 18.6 Å². The molecule has 0 heterocycles. The van der Waals surface area contributed by atoms with E-state index in [1.807, 2.05) is 0 Å². The third-order valence-electron chi connectivity index (χ3n) is 4.09. The van der Waals surface area contributed by atoms with Gasteiger partial charge < -0.3 is 5.32 Å². The van der Waals surface area contributed by atoms with Gasteiger partial charge in [-0.05, 0) is 37.2 Å². The molecule has 1 aromatic rings. The van der Waals surface area contributed by atoms with Crippen molar-refractivity contribution >= 4 is 11.4 Å². The molecule has 20 heavy (non-hydrogen) atoms. The van der Waals surface area contributed by atoms with Crippen molar-refractivity contribution in [1.29, 1.82) is 0 Å². The number of nitrogens with one attached hydrogen (secondary N) is 1. The van der Waals surface area contributed by atoms with E-state index in [2.05, 4.69) is 19.2 Å². The van der Waals surface area contributed by atoms with Crippen LogP contribution in [-0.4, -0.2) is 11.0 Å². The summed E-state index contributed by atoms with van der Waals surface area (Å²) >= 11 is 0. The van der Waals surface area contributed by atoms with E-state index in [9.17, 15) is 14.5 Å². The minimum Gasteiger partial charge on any atom is -0.382 e. The van der Waals surface area contributed by atoms with E-state index >= 15 is 0 Å². The first kappa shape index (κ1) is 14.8. The summed E-state index contributed by atoms with van der Waals surface area (Å²) in [7, 11) is 0. The summed E-state index contributed by atoms with van der Waals surface area (Å²) in [5, 5.41) is 13.9. The quantitative estimate of drug-likeness (QED) is 0.503. The maximum absolute atomic E-state index is 13.6. The molecule has 1 aromatic carbocycles. The Bertz CT molecular complexity index is 503. The number of benzene rings is 1. The Morgan fingerprint density at radius 2 is 2.10 bits per heavy atom. The molecule has 0 radical (unpaired) electrons. The highest BCUT2D eigenvalue weighted by Crippen LogP contribution is 2.34. The Kier molecular flexibility index (Phi) is 4.26. The first-order valence-corrected chi connectivity index (χ1v) is 7.08. The molecule has 1 aliphatic rings. The summed E-state index contributed by atoms with van der Waals surface area (Å²) < 4.78 is 13.6. The monoisotopic (exact) mass is 280 g/mol. The van der Waals surface area contributed by atoms with Gasteiger partial charge in [0, 0.05) is 23.9 Å². The number of anilines is 1. The van der Waals surface area contributed by atoms with Crippen LogP contribution < -0.4 is 5.32 Å². The van der Waals surface area contributed by atoms with Crippen molar-refractivity contribution in [2.75, 3.05) is 5.32 Å². The van der Waals surface area contributed by atoms with Gasteiger partial charge >= 0.3 is 5.69 Å². The zero-order chi connectivity index (χ0) is 14.8. The minimum absolute atomic E-state index is 0.317. The van der Waals surface area contributed by atoms with Crippen LogP contribution in [0.1, 0.15) is 46.0 Å². The number of rotatable bonds is 3. The molecule has 0 bridgehead atoms. The van der Waals surface area contributed by atoms with Crippen molar-refractivity contribution in [3.8, 4) is 0 Å². The van der Waals surface area contributed by atoms with Crippen LogP contribution in [0.2, 0.25) is 0 Å². The zero-order valence-corrected chi connectivity index (χ0v) is 12.0. The molecule has 2 rings (SSSR count). The summed E-state index contributed by atoms with van der Waals surface area (Å²) in [6.07, 6.45) is 5.60. The van der Waals surface area contributed by atoms with Crippen LogP contribution >= 0.6 is 0 Å². The first-order valence-electron chi connectivity index (χ1n) is 7.08. The molecule has 1 aliphatic carbocycles. The van der Waals surface area contributed by atoms with E-state index in [-0.39, 0.29) is 0 Å². The third kappa shape index (κ3) is 3.68. The fourth-order valence-corrected chi connectivity index (χ4v) is 2.79. The molecule has 1 fully saturated rings. The third-order valence-corrected chi connectivity index (χ3v) is 4.09. The van der Waals surface area contributed by atoms with Gasteiger partial charge in [-0.2, -0.15) is 4.39 Å². The average molecular weight is 280 g/mol. The summed E-state index contributed by atoms with van der Waals surface area (Å²) in [5.41, 5.74) is 0.521. The smallest absolute Gasteiger partial charge is 0.304 e. The molecule has 1 atom stereocenters. The zero-order valence-electron chi connectivity index (χ0n) is 12.0. The summed E-state index contributed by atoms with van der Waals surface area (Å²) in [5.74, 6) is -0.783. The summed E-state index contributed by atoms with van der Waals surface area (Å²) in [4.78, 5) is 9.88. The Morgan fingerprint density at radius 1 is 1.35 bits per heavy atom. The molecule has 0 spiro atoms. The van der Waals surface area contributed by atoms with E-state index in [0.717, 1.165) is 25.7 Å². The highest BCUT2D eigenvalue weighted by molar-refractivity contribution is 5.50. The van der Waals surface area contributed by atoms with E-state index in [0.29, 0.717) is 17.1 Å². The van der Waals surface area contributed by atoms with Crippen LogP contribution in [0, 0.1) is 21.3 Å². The van der Waals surface area contributed by atoms with Crippen LogP contribution in [0.4, 0.5) is 15.8 Å². The van der Waals surface area contributed by atoms with Gasteiger partial charge in [-0.25, -0.2) is 0 Å². The molecule has 1 saturated carbocycles. The second-order valence-electron chi connectivity index (χ2n) is 6.36. The highest BCUT2D eigenvalue weighted by Gasteiger charge is 2.24. The van der Waals surface area contributed by atoms with Crippen LogP contribution in [0.15, 0.2) is 18.2 Å². The first-order chi connectivity index (χ1) is 9.37. The lowest BCUT2D eigenvalue weighted by Crippen LogP contribution is -2.19.